The summed E-state index contributed by atoms with van der Waals surface area (Å²) >= 11 is 12.3. The van der Waals surface area contributed by atoms with Crippen molar-refractivity contribution in [1.82, 2.24) is 5.32 Å². The first-order chi connectivity index (χ1) is 9.70. The van der Waals surface area contributed by atoms with E-state index in [1.165, 1.54) is 44.1 Å². The van der Waals surface area contributed by atoms with Crippen molar-refractivity contribution in [2.24, 2.45) is 5.92 Å². The normalized spacial score (nSPS) is 23.6. The zero-order valence-electron chi connectivity index (χ0n) is 12.3. The third-order valence-corrected chi connectivity index (χ3v) is 4.90. The van der Waals surface area contributed by atoms with Crippen molar-refractivity contribution >= 4 is 23.2 Å². The lowest BCUT2D eigenvalue weighted by Gasteiger charge is -2.26. The molecule has 1 nitrogen and oxygen atoms in total. The van der Waals surface area contributed by atoms with Gasteiger partial charge in [0.25, 0.3) is 0 Å². The number of hydrogen-bond acceptors (Lipinski definition) is 1. The van der Waals surface area contributed by atoms with Crippen LogP contribution in [0.1, 0.15) is 51.0 Å². The van der Waals surface area contributed by atoms with Gasteiger partial charge in [-0.25, -0.2) is 0 Å². The van der Waals surface area contributed by atoms with Crippen molar-refractivity contribution in [1.29, 1.82) is 0 Å². The molecule has 1 saturated carbocycles. The molecule has 3 heteroatoms. The molecular formula is C17H25Cl2N. The second-order valence-corrected chi connectivity index (χ2v) is 6.74. The molecule has 20 heavy (non-hydrogen) atoms. The summed E-state index contributed by atoms with van der Waals surface area (Å²) in [6, 6.07) is 6.55. The Morgan fingerprint density at radius 3 is 2.70 bits per heavy atom. The highest BCUT2D eigenvalue weighted by atomic mass is 35.5. The first kappa shape index (κ1) is 16.1. The highest BCUT2D eigenvalue weighted by Gasteiger charge is 2.24. The lowest BCUT2D eigenvalue weighted by molar-refractivity contribution is 0.332. The summed E-state index contributed by atoms with van der Waals surface area (Å²) in [4.78, 5) is 0. The molecule has 112 valence electrons. The summed E-state index contributed by atoms with van der Waals surface area (Å²) < 4.78 is 0. The molecule has 1 aromatic carbocycles. The van der Waals surface area contributed by atoms with E-state index in [0.29, 0.717) is 12.0 Å². The Balaban J connectivity index is 2.06. The number of benzene rings is 1. The van der Waals surface area contributed by atoms with Gasteiger partial charge in [0.05, 0.1) is 0 Å². The zero-order valence-corrected chi connectivity index (χ0v) is 13.8. The third-order valence-electron chi connectivity index (χ3n) is 4.31. The minimum Gasteiger partial charge on any atom is -0.314 e. The van der Waals surface area contributed by atoms with E-state index < -0.39 is 0 Å². The van der Waals surface area contributed by atoms with Crippen LogP contribution in [0, 0.1) is 5.92 Å². The predicted octanol–water partition coefficient (Wildman–Crippen LogP) is 5.48. The molecule has 2 atom stereocenters. The van der Waals surface area contributed by atoms with E-state index >= 15 is 0 Å². The molecule has 0 heterocycles. The average molecular weight is 314 g/mol. The Morgan fingerprint density at radius 1 is 1.15 bits per heavy atom. The SMILES string of the molecule is CCCNC1CCCCCC1Cc1ccc(Cl)cc1Cl. The van der Waals surface area contributed by atoms with Crippen LogP contribution in [-0.2, 0) is 6.42 Å². The van der Waals surface area contributed by atoms with E-state index in [0.717, 1.165) is 23.0 Å². The van der Waals surface area contributed by atoms with Gasteiger partial charge in [0.1, 0.15) is 0 Å². The van der Waals surface area contributed by atoms with Gasteiger partial charge >= 0.3 is 0 Å². The van der Waals surface area contributed by atoms with Gasteiger partial charge in [-0.1, -0.05) is 55.5 Å². The smallest absolute Gasteiger partial charge is 0.0452 e. The van der Waals surface area contributed by atoms with Gasteiger partial charge in [-0.15, -0.1) is 0 Å². The Labute approximate surface area is 133 Å². The molecule has 0 aliphatic heterocycles. The molecule has 0 saturated heterocycles. The lowest BCUT2D eigenvalue weighted by Crippen LogP contribution is -2.37. The Hall–Kier alpha value is -0.240. The Morgan fingerprint density at radius 2 is 1.95 bits per heavy atom. The van der Waals surface area contributed by atoms with Crippen LogP contribution in [0.4, 0.5) is 0 Å². The number of halogens is 2. The summed E-state index contributed by atoms with van der Waals surface area (Å²) in [6.45, 7) is 3.35. The van der Waals surface area contributed by atoms with Crippen LogP contribution in [0.2, 0.25) is 10.0 Å². The molecule has 0 spiro atoms. The molecule has 2 unspecified atom stereocenters. The molecule has 1 fully saturated rings. The van der Waals surface area contributed by atoms with Crippen molar-refractivity contribution in [3.8, 4) is 0 Å². The second kappa shape index (κ2) is 8.26. The van der Waals surface area contributed by atoms with Crippen LogP contribution in [0.25, 0.3) is 0 Å². The molecule has 0 amide bonds. The van der Waals surface area contributed by atoms with Crippen molar-refractivity contribution in [2.45, 2.75) is 57.9 Å². The number of hydrogen-bond donors (Lipinski definition) is 1. The molecule has 2 rings (SSSR count). The van der Waals surface area contributed by atoms with E-state index in [2.05, 4.69) is 18.3 Å². The molecule has 1 aliphatic rings. The first-order valence-electron chi connectivity index (χ1n) is 7.88. The largest absolute Gasteiger partial charge is 0.314 e. The Kier molecular flexibility index (Phi) is 6.67. The summed E-state index contributed by atoms with van der Waals surface area (Å²) in [6.07, 6.45) is 8.94. The fraction of sp³-hybridized carbons (Fsp3) is 0.647. The topological polar surface area (TPSA) is 12.0 Å². The molecule has 1 aromatic rings. The van der Waals surface area contributed by atoms with Crippen LogP contribution in [0.5, 0.6) is 0 Å². The standard InChI is InChI=1S/C17H25Cl2N/c1-2-10-20-17-7-5-3-4-6-14(17)11-13-8-9-15(18)12-16(13)19/h8-9,12,14,17,20H,2-7,10-11H2,1H3. The van der Waals surface area contributed by atoms with Crippen molar-refractivity contribution < 1.29 is 0 Å². The van der Waals surface area contributed by atoms with Crippen molar-refractivity contribution in [3.05, 3.63) is 33.8 Å². The van der Waals surface area contributed by atoms with Gasteiger partial charge in [-0.05, 0) is 55.8 Å². The Bertz CT molecular complexity index is 419. The van der Waals surface area contributed by atoms with Crippen LogP contribution < -0.4 is 5.32 Å². The van der Waals surface area contributed by atoms with Crippen LogP contribution in [0.3, 0.4) is 0 Å². The first-order valence-corrected chi connectivity index (χ1v) is 8.63. The van der Waals surface area contributed by atoms with Gasteiger partial charge in [0, 0.05) is 16.1 Å². The monoisotopic (exact) mass is 313 g/mol. The fourth-order valence-electron chi connectivity index (χ4n) is 3.20. The van der Waals surface area contributed by atoms with Gasteiger partial charge in [-0.2, -0.15) is 0 Å². The van der Waals surface area contributed by atoms with Crippen molar-refractivity contribution in [2.75, 3.05) is 6.54 Å². The zero-order chi connectivity index (χ0) is 14.4. The van der Waals surface area contributed by atoms with Crippen LogP contribution >= 0.6 is 23.2 Å². The van der Waals surface area contributed by atoms with E-state index in [1.807, 2.05) is 12.1 Å². The van der Waals surface area contributed by atoms with E-state index in [-0.39, 0.29) is 0 Å². The lowest BCUT2D eigenvalue weighted by atomic mass is 9.88. The third kappa shape index (κ3) is 4.65. The minimum atomic E-state index is 0.643. The van der Waals surface area contributed by atoms with E-state index in [4.69, 9.17) is 23.2 Å². The summed E-state index contributed by atoms with van der Waals surface area (Å²) in [5.41, 5.74) is 1.24. The number of nitrogens with one attached hydrogen (secondary N) is 1. The van der Waals surface area contributed by atoms with Gasteiger partial charge in [-0.3, -0.25) is 0 Å². The van der Waals surface area contributed by atoms with Gasteiger partial charge in [0.2, 0.25) is 0 Å². The highest BCUT2D eigenvalue weighted by molar-refractivity contribution is 6.35. The molecule has 1 aliphatic carbocycles. The van der Waals surface area contributed by atoms with Crippen LogP contribution in [0.15, 0.2) is 18.2 Å². The molecule has 0 bridgehead atoms. The average Bonchev–Trinajstić information content (AvgIpc) is 2.65. The van der Waals surface area contributed by atoms with Gasteiger partial charge < -0.3 is 5.32 Å². The molecular weight excluding hydrogens is 289 g/mol. The summed E-state index contributed by atoms with van der Waals surface area (Å²) in [7, 11) is 0. The van der Waals surface area contributed by atoms with E-state index in [1.54, 1.807) is 0 Å². The second-order valence-electron chi connectivity index (χ2n) is 5.90. The maximum Gasteiger partial charge on any atom is 0.0452 e. The van der Waals surface area contributed by atoms with Gasteiger partial charge in [0.15, 0.2) is 0 Å². The quantitative estimate of drug-likeness (QED) is 0.709. The maximum atomic E-state index is 6.34. The number of rotatable bonds is 5. The fourth-order valence-corrected chi connectivity index (χ4v) is 3.68. The van der Waals surface area contributed by atoms with Crippen molar-refractivity contribution in [3.63, 3.8) is 0 Å². The minimum absolute atomic E-state index is 0.643. The van der Waals surface area contributed by atoms with E-state index in [9.17, 15) is 0 Å². The van der Waals surface area contributed by atoms with Crippen LogP contribution in [-0.4, -0.2) is 12.6 Å². The predicted molar refractivity (Wildman–Crippen MR) is 88.8 cm³/mol. The summed E-state index contributed by atoms with van der Waals surface area (Å²) in [5, 5.41) is 5.28. The molecule has 0 radical (unpaired) electrons. The maximum absolute atomic E-state index is 6.34. The molecule has 1 N–H and O–H groups in total. The highest BCUT2D eigenvalue weighted by Crippen LogP contribution is 2.30. The molecule has 0 aromatic heterocycles. The summed E-state index contributed by atoms with van der Waals surface area (Å²) in [5.74, 6) is 0.697.